The minimum Gasteiger partial charge on any atom is -0.507 e. The monoisotopic (exact) mass is 534 g/mol. The van der Waals surface area contributed by atoms with E-state index in [9.17, 15) is 9.90 Å². The van der Waals surface area contributed by atoms with Gasteiger partial charge in [0.15, 0.2) is 0 Å². The van der Waals surface area contributed by atoms with E-state index in [1.807, 2.05) is 0 Å². The van der Waals surface area contributed by atoms with Crippen molar-refractivity contribution in [1.29, 1.82) is 0 Å². The topological polar surface area (TPSA) is 46.5 Å². The second-order valence-electron chi connectivity index (χ2n) is 14.7. The number of phenols is 1. The molecule has 0 heterocycles. The molecule has 0 bridgehead atoms. The van der Waals surface area contributed by atoms with Crippen molar-refractivity contribution >= 4 is 5.97 Å². The molecule has 1 aromatic carbocycles. The molecule has 4 aliphatic rings. The number of phenolic OH excluding ortho intramolecular Hbond substituents is 1. The second kappa shape index (κ2) is 11.2. The smallest absolute Gasteiger partial charge is 0.342 e. The van der Waals surface area contributed by atoms with Gasteiger partial charge in [-0.3, -0.25) is 0 Å². The number of carbonyl (C=O) groups is 1. The van der Waals surface area contributed by atoms with Crippen molar-refractivity contribution in [2.45, 2.75) is 118 Å². The van der Waals surface area contributed by atoms with Gasteiger partial charge in [0.25, 0.3) is 0 Å². The van der Waals surface area contributed by atoms with E-state index in [2.05, 4.69) is 47.6 Å². The molecule has 4 aliphatic carbocycles. The molecule has 3 heteroatoms. The third-order valence-corrected chi connectivity index (χ3v) is 12.7. The van der Waals surface area contributed by atoms with Crippen molar-refractivity contribution in [1.82, 2.24) is 0 Å². The Balaban J connectivity index is 1.25. The van der Waals surface area contributed by atoms with Crippen molar-refractivity contribution < 1.29 is 14.6 Å². The normalized spacial score (nSPS) is 37.3. The fraction of sp³-hybridized carbons (Fsp3) is 0.750. The van der Waals surface area contributed by atoms with Gasteiger partial charge in [-0.25, -0.2) is 4.79 Å². The number of carbonyl (C=O) groups excluding carboxylic acids is 1. The molecule has 0 aromatic heterocycles. The van der Waals surface area contributed by atoms with Gasteiger partial charge in [-0.1, -0.05) is 78.2 Å². The number of hydrogen-bond acceptors (Lipinski definition) is 3. The van der Waals surface area contributed by atoms with Gasteiger partial charge in [-0.2, -0.15) is 0 Å². The lowest BCUT2D eigenvalue weighted by molar-refractivity contribution is -0.0597. The van der Waals surface area contributed by atoms with Crippen LogP contribution in [0.1, 0.15) is 123 Å². The van der Waals surface area contributed by atoms with Crippen LogP contribution >= 0.6 is 0 Å². The Hall–Kier alpha value is -1.77. The van der Waals surface area contributed by atoms with Crippen LogP contribution < -0.4 is 0 Å². The predicted molar refractivity (Wildman–Crippen MR) is 160 cm³/mol. The second-order valence-corrected chi connectivity index (χ2v) is 14.7. The Kier molecular flexibility index (Phi) is 8.29. The van der Waals surface area contributed by atoms with E-state index in [0.717, 1.165) is 60.7 Å². The summed E-state index contributed by atoms with van der Waals surface area (Å²) in [5.74, 6) is 5.46. The lowest BCUT2D eigenvalue weighted by Gasteiger charge is -2.58. The highest BCUT2D eigenvalue weighted by Gasteiger charge is 2.59. The third kappa shape index (κ3) is 5.21. The maximum Gasteiger partial charge on any atom is 0.342 e. The Morgan fingerprint density at radius 3 is 2.51 bits per heavy atom. The first-order valence-electron chi connectivity index (χ1n) is 16.3. The Labute approximate surface area is 238 Å². The molecule has 3 saturated carbocycles. The first-order valence-corrected chi connectivity index (χ1v) is 16.3. The molecule has 0 unspecified atom stereocenters. The summed E-state index contributed by atoms with van der Waals surface area (Å²) < 4.78 is 5.94. The van der Waals surface area contributed by atoms with E-state index in [1.54, 1.807) is 24.3 Å². The summed E-state index contributed by atoms with van der Waals surface area (Å²) in [7, 11) is 0. The summed E-state index contributed by atoms with van der Waals surface area (Å²) in [5, 5.41) is 10.1. The Morgan fingerprint density at radius 1 is 1.03 bits per heavy atom. The maximum absolute atomic E-state index is 12.8. The first-order chi connectivity index (χ1) is 18.6. The molecule has 3 nitrogen and oxygen atoms in total. The van der Waals surface area contributed by atoms with Gasteiger partial charge < -0.3 is 9.84 Å². The summed E-state index contributed by atoms with van der Waals surface area (Å²) in [6.45, 7) is 15.0. The molecule has 3 fully saturated rings. The number of para-hydroxylation sites is 1. The molecule has 216 valence electrons. The van der Waals surface area contributed by atoms with Gasteiger partial charge in [0, 0.05) is 6.42 Å². The number of rotatable bonds is 8. The highest BCUT2D eigenvalue weighted by atomic mass is 16.5. The van der Waals surface area contributed by atoms with Gasteiger partial charge in [0.1, 0.15) is 17.4 Å². The average molecular weight is 535 g/mol. The lowest BCUT2D eigenvalue weighted by atomic mass is 9.47. The molecule has 1 N–H and O–H groups in total. The van der Waals surface area contributed by atoms with Gasteiger partial charge >= 0.3 is 5.97 Å². The minimum atomic E-state index is -0.394. The summed E-state index contributed by atoms with van der Waals surface area (Å²) in [4.78, 5) is 12.8. The van der Waals surface area contributed by atoms with E-state index in [-0.39, 0.29) is 22.8 Å². The van der Waals surface area contributed by atoms with Crippen LogP contribution in [0.25, 0.3) is 0 Å². The van der Waals surface area contributed by atoms with Crippen molar-refractivity contribution in [2.75, 3.05) is 0 Å². The van der Waals surface area contributed by atoms with E-state index in [1.165, 1.54) is 56.9 Å². The minimum absolute atomic E-state index is 0.00224. The maximum atomic E-state index is 12.8. The van der Waals surface area contributed by atoms with Gasteiger partial charge in [-0.05, 0) is 116 Å². The van der Waals surface area contributed by atoms with Crippen LogP contribution in [0.4, 0.5) is 0 Å². The number of esters is 1. The average Bonchev–Trinajstić information content (AvgIpc) is 3.26. The Bertz CT molecular complexity index is 1060. The fourth-order valence-corrected chi connectivity index (χ4v) is 10.3. The van der Waals surface area contributed by atoms with Crippen LogP contribution in [0.15, 0.2) is 35.9 Å². The largest absolute Gasteiger partial charge is 0.507 e. The van der Waals surface area contributed by atoms with Gasteiger partial charge in [0.2, 0.25) is 0 Å². The number of benzene rings is 1. The van der Waals surface area contributed by atoms with E-state index >= 15 is 0 Å². The summed E-state index contributed by atoms with van der Waals surface area (Å²) in [6.07, 6.45) is 16.3. The zero-order chi connectivity index (χ0) is 27.9. The quantitative estimate of drug-likeness (QED) is 0.267. The van der Waals surface area contributed by atoms with Gasteiger partial charge in [-0.15, -0.1) is 0 Å². The SMILES string of the molecule is CC[C@H](CC[C@@H](C)[C@H]1CC[C@H]2[C@@H]3CC=C4C[C@@H](OC(=O)c5ccccc5O)CC[C@]4(C)[C@H]3CC[C@]12C)C(C)C. The number of allylic oxidation sites excluding steroid dienone is 1. The molecule has 0 spiro atoms. The summed E-state index contributed by atoms with van der Waals surface area (Å²) in [6, 6.07) is 6.71. The van der Waals surface area contributed by atoms with Crippen molar-refractivity contribution in [3.63, 3.8) is 0 Å². The fourth-order valence-electron chi connectivity index (χ4n) is 10.3. The zero-order valence-electron chi connectivity index (χ0n) is 25.5. The first kappa shape index (κ1) is 28.7. The van der Waals surface area contributed by atoms with Crippen molar-refractivity contribution in [3.8, 4) is 5.75 Å². The third-order valence-electron chi connectivity index (χ3n) is 12.7. The van der Waals surface area contributed by atoms with Crippen LogP contribution in [-0.4, -0.2) is 17.2 Å². The highest BCUT2D eigenvalue weighted by molar-refractivity contribution is 5.92. The molecular weight excluding hydrogens is 480 g/mol. The van der Waals surface area contributed by atoms with Crippen LogP contribution in [0.3, 0.4) is 0 Å². The van der Waals surface area contributed by atoms with Gasteiger partial charge in [0.05, 0.1) is 0 Å². The molecule has 1 aromatic rings. The highest BCUT2D eigenvalue weighted by Crippen LogP contribution is 2.67. The molecule has 9 atom stereocenters. The van der Waals surface area contributed by atoms with Crippen LogP contribution in [0.2, 0.25) is 0 Å². The van der Waals surface area contributed by atoms with E-state index in [0.29, 0.717) is 5.41 Å². The lowest BCUT2D eigenvalue weighted by Crippen LogP contribution is -2.51. The molecule has 0 amide bonds. The van der Waals surface area contributed by atoms with Crippen LogP contribution in [-0.2, 0) is 4.74 Å². The number of fused-ring (bicyclic) bond motifs is 5. The molecule has 5 rings (SSSR count). The molecule has 0 saturated heterocycles. The van der Waals surface area contributed by atoms with E-state index in [4.69, 9.17) is 4.74 Å². The molecule has 39 heavy (non-hydrogen) atoms. The predicted octanol–water partition coefficient (Wildman–Crippen LogP) is 9.60. The number of aromatic hydroxyl groups is 1. The van der Waals surface area contributed by atoms with Crippen LogP contribution in [0.5, 0.6) is 5.75 Å². The van der Waals surface area contributed by atoms with Crippen molar-refractivity contribution in [3.05, 3.63) is 41.5 Å². The standard InChI is InChI=1S/C36H54O3/c1-7-25(23(2)3)13-12-24(4)30-16-17-31-28-15-14-26-22-27(39-34(38)29-10-8-9-11-33(29)37)18-20-35(26,5)32(28)19-21-36(30,31)6/h8-11,14,23-25,27-28,30-32,37H,7,12-13,15-22H2,1-6H3/t24-,25-,27+,28+,30-,31+,32+,35+,36-/m1/s1. The van der Waals surface area contributed by atoms with Crippen molar-refractivity contribution in [2.24, 2.45) is 52.3 Å². The summed E-state index contributed by atoms with van der Waals surface area (Å²) >= 11 is 0. The Morgan fingerprint density at radius 2 is 1.79 bits per heavy atom. The zero-order valence-corrected chi connectivity index (χ0v) is 25.5. The number of ether oxygens (including phenoxy) is 1. The van der Waals surface area contributed by atoms with Crippen LogP contribution in [0, 0.1) is 52.3 Å². The molecule has 0 aliphatic heterocycles. The number of hydrogen-bond donors (Lipinski definition) is 1. The van der Waals surface area contributed by atoms with E-state index < -0.39 is 5.97 Å². The molecule has 0 radical (unpaired) electrons. The summed E-state index contributed by atoms with van der Waals surface area (Å²) in [5.41, 5.74) is 2.56. The molecular formula is C36H54O3.